The van der Waals surface area contributed by atoms with Gasteiger partial charge in [-0.2, -0.15) is 0 Å². The number of amides is 1. The molecular formula is C21H21BrN4OS2. The van der Waals surface area contributed by atoms with Gasteiger partial charge < -0.3 is 4.90 Å². The topological polar surface area (TPSA) is 51.0 Å². The number of para-hydroxylation sites is 1. The van der Waals surface area contributed by atoms with Crippen molar-refractivity contribution in [1.82, 2.24) is 19.7 Å². The third-order valence-corrected chi connectivity index (χ3v) is 7.14. The van der Waals surface area contributed by atoms with Crippen LogP contribution in [0.4, 0.5) is 0 Å². The van der Waals surface area contributed by atoms with Gasteiger partial charge in [0, 0.05) is 23.0 Å². The standard InChI is InChI=1S/C21H21BrN4OS2/c1-2-12-25(13-17-10-11-18(22)29-17)19(27)14-28-21-24-23-20(15-8-9-15)26(21)16-6-4-3-5-7-16/h2-7,10-11,15H,1,8-9,12-14H2. The molecule has 150 valence electrons. The van der Waals surface area contributed by atoms with Gasteiger partial charge in [-0.25, -0.2) is 0 Å². The molecule has 2 heterocycles. The number of benzene rings is 1. The number of hydrogen-bond acceptors (Lipinski definition) is 5. The minimum absolute atomic E-state index is 0.0648. The molecule has 0 spiro atoms. The van der Waals surface area contributed by atoms with Crippen molar-refractivity contribution in [2.24, 2.45) is 0 Å². The average molecular weight is 489 g/mol. The normalized spacial score (nSPS) is 13.4. The molecule has 1 aliphatic rings. The predicted octanol–water partition coefficient (Wildman–Crippen LogP) is 5.28. The number of nitrogens with zero attached hydrogens (tertiary/aromatic N) is 4. The number of carbonyl (C=O) groups excluding carboxylic acids is 1. The van der Waals surface area contributed by atoms with Gasteiger partial charge >= 0.3 is 0 Å². The van der Waals surface area contributed by atoms with E-state index < -0.39 is 0 Å². The average Bonchev–Trinajstić information content (AvgIpc) is 3.36. The lowest BCUT2D eigenvalue weighted by molar-refractivity contribution is -0.128. The van der Waals surface area contributed by atoms with Crippen LogP contribution in [0.25, 0.3) is 5.69 Å². The molecule has 0 N–H and O–H groups in total. The second-order valence-electron chi connectivity index (χ2n) is 6.84. The van der Waals surface area contributed by atoms with Crippen molar-refractivity contribution in [3.63, 3.8) is 0 Å². The van der Waals surface area contributed by atoms with Gasteiger partial charge in [0.1, 0.15) is 5.82 Å². The Morgan fingerprint density at radius 1 is 1.28 bits per heavy atom. The minimum atomic E-state index is 0.0648. The first-order valence-electron chi connectivity index (χ1n) is 9.42. The number of halogens is 1. The second-order valence-corrected chi connectivity index (χ2v) is 10.3. The molecule has 0 atom stereocenters. The molecule has 1 aliphatic carbocycles. The van der Waals surface area contributed by atoms with E-state index >= 15 is 0 Å². The molecule has 1 fully saturated rings. The van der Waals surface area contributed by atoms with Crippen LogP contribution < -0.4 is 0 Å². The molecule has 0 aliphatic heterocycles. The molecule has 0 unspecified atom stereocenters. The number of aromatic nitrogens is 3. The van der Waals surface area contributed by atoms with Crippen molar-refractivity contribution < 1.29 is 4.79 Å². The van der Waals surface area contributed by atoms with Gasteiger partial charge in [0.15, 0.2) is 5.16 Å². The van der Waals surface area contributed by atoms with Crippen molar-refractivity contribution >= 4 is 44.9 Å². The Labute approximate surface area is 187 Å². The van der Waals surface area contributed by atoms with E-state index in [4.69, 9.17) is 0 Å². The van der Waals surface area contributed by atoms with Gasteiger partial charge in [-0.15, -0.1) is 28.1 Å². The second kappa shape index (κ2) is 9.28. The molecule has 5 nitrogen and oxygen atoms in total. The number of thioether (sulfide) groups is 1. The Bertz CT molecular complexity index is 997. The first-order chi connectivity index (χ1) is 14.2. The molecule has 0 radical (unpaired) electrons. The number of hydrogen-bond donors (Lipinski definition) is 0. The van der Waals surface area contributed by atoms with Crippen molar-refractivity contribution in [3.05, 3.63) is 69.6 Å². The van der Waals surface area contributed by atoms with Gasteiger partial charge in [0.25, 0.3) is 0 Å². The largest absolute Gasteiger partial charge is 0.333 e. The molecule has 29 heavy (non-hydrogen) atoms. The zero-order valence-electron chi connectivity index (χ0n) is 15.8. The molecule has 1 saturated carbocycles. The molecule has 0 bridgehead atoms. The zero-order valence-corrected chi connectivity index (χ0v) is 19.0. The third kappa shape index (κ3) is 4.99. The summed E-state index contributed by atoms with van der Waals surface area (Å²) in [7, 11) is 0. The summed E-state index contributed by atoms with van der Waals surface area (Å²) in [6.45, 7) is 4.90. The van der Waals surface area contributed by atoms with E-state index in [1.807, 2.05) is 35.2 Å². The lowest BCUT2D eigenvalue weighted by Gasteiger charge is -2.20. The Kier molecular flexibility index (Phi) is 6.52. The summed E-state index contributed by atoms with van der Waals surface area (Å²) in [5, 5.41) is 9.60. The molecule has 3 aromatic rings. The van der Waals surface area contributed by atoms with Crippen molar-refractivity contribution in [2.75, 3.05) is 12.3 Å². The van der Waals surface area contributed by atoms with Crippen LogP contribution in [0.15, 0.2) is 64.1 Å². The number of carbonyl (C=O) groups is 1. The zero-order chi connectivity index (χ0) is 20.2. The predicted molar refractivity (Wildman–Crippen MR) is 122 cm³/mol. The highest BCUT2D eigenvalue weighted by Gasteiger charge is 2.31. The van der Waals surface area contributed by atoms with Crippen molar-refractivity contribution in [1.29, 1.82) is 0 Å². The first kappa shape index (κ1) is 20.4. The van der Waals surface area contributed by atoms with Crippen LogP contribution >= 0.6 is 39.0 Å². The highest BCUT2D eigenvalue weighted by Crippen LogP contribution is 2.41. The maximum atomic E-state index is 12.9. The SMILES string of the molecule is C=CCN(Cc1ccc(Br)s1)C(=O)CSc1nnc(C2CC2)n1-c1ccccc1. The molecule has 1 aromatic carbocycles. The molecular weight excluding hydrogens is 468 g/mol. The van der Waals surface area contributed by atoms with E-state index in [0.717, 1.165) is 38.2 Å². The quantitative estimate of drug-likeness (QED) is 0.303. The monoisotopic (exact) mass is 488 g/mol. The Morgan fingerprint density at radius 3 is 2.72 bits per heavy atom. The van der Waals surface area contributed by atoms with Crippen molar-refractivity contribution in [3.8, 4) is 5.69 Å². The highest BCUT2D eigenvalue weighted by molar-refractivity contribution is 9.11. The van der Waals surface area contributed by atoms with E-state index in [2.05, 4.69) is 49.4 Å². The van der Waals surface area contributed by atoms with Crippen LogP contribution in [0.5, 0.6) is 0 Å². The van der Waals surface area contributed by atoms with Crippen LogP contribution in [-0.4, -0.2) is 37.9 Å². The molecule has 1 amide bonds. The summed E-state index contributed by atoms with van der Waals surface area (Å²) in [6, 6.07) is 14.2. The summed E-state index contributed by atoms with van der Waals surface area (Å²) < 4.78 is 3.17. The van der Waals surface area contributed by atoms with Crippen LogP contribution in [0.3, 0.4) is 0 Å². The van der Waals surface area contributed by atoms with Crippen LogP contribution in [0.2, 0.25) is 0 Å². The van der Waals surface area contributed by atoms with Gasteiger partial charge in [-0.3, -0.25) is 9.36 Å². The van der Waals surface area contributed by atoms with Gasteiger partial charge in [-0.05, 0) is 53.0 Å². The van der Waals surface area contributed by atoms with Crippen LogP contribution in [0, 0.1) is 0 Å². The number of thiophene rings is 1. The first-order valence-corrected chi connectivity index (χ1v) is 12.0. The third-order valence-electron chi connectivity index (χ3n) is 4.62. The van der Waals surface area contributed by atoms with Crippen LogP contribution in [-0.2, 0) is 11.3 Å². The highest BCUT2D eigenvalue weighted by atomic mass is 79.9. The summed E-state index contributed by atoms with van der Waals surface area (Å²) in [4.78, 5) is 15.9. The number of rotatable bonds is 9. The molecule has 8 heteroatoms. The van der Waals surface area contributed by atoms with E-state index in [1.54, 1.807) is 17.4 Å². The fourth-order valence-electron chi connectivity index (χ4n) is 3.05. The molecule has 0 saturated heterocycles. The van der Waals surface area contributed by atoms with Gasteiger partial charge in [0.2, 0.25) is 5.91 Å². The fraction of sp³-hybridized carbons (Fsp3) is 0.286. The lowest BCUT2D eigenvalue weighted by atomic mass is 10.3. The van der Waals surface area contributed by atoms with Gasteiger partial charge in [0.05, 0.1) is 16.1 Å². The summed E-state index contributed by atoms with van der Waals surface area (Å²) in [5.41, 5.74) is 1.04. The van der Waals surface area contributed by atoms with E-state index in [9.17, 15) is 4.79 Å². The summed E-state index contributed by atoms with van der Waals surface area (Å²) in [5.74, 6) is 1.85. The Hall–Kier alpha value is -1.90. The maximum Gasteiger partial charge on any atom is 0.233 e. The fourth-order valence-corrected chi connectivity index (χ4v) is 5.41. The Balaban J connectivity index is 1.49. The summed E-state index contributed by atoms with van der Waals surface area (Å²) >= 11 is 6.57. The lowest BCUT2D eigenvalue weighted by Crippen LogP contribution is -2.31. The van der Waals surface area contributed by atoms with Gasteiger partial charge in [-0.1, -0.05) is 36.0 Å². The minimum Gasteiger partial charge on any atom is -0.333 e. The Morgan fingerprint density at radius 2 is 2.07 bits per heavy atom. The van der Waals surface area contributed by atoms with E-state index in [1.165, 1.54) is 11.8 Å². The van der Waals surface area contributed by atoms with E-state index in [0.29, 0.717) is 24.8 Å². The molecule has 2 aromatic heterocycles. The molecule has 4 rings (SSSR count). The van der Waals surface area contributed by atoms with Crippen molar-refractivity contribution in [2.45, 2.75) is 30.5 Å². The maximum absolute atomic E-state index is 12.9. The van der Waals surface area contributed by atoms with E-state index in [-0.39, 0.29) is 5.91 Å². The summed E-state index contributed by atoms with van der Waals surface area (Å²) in [6.07, 6.45) is 4.07. The smallest absolute Gasteiger partial charge is 0.233 e. The van der Waals surface area contributed by atoms with Crippen LogP contribution in [0.1, 0.15) is 29.5 Å².